The minimum absolute atomic E-state index is 0.0287. The Morgan fingerprint density at radius 1 is 0.673 bits per heavy atom. The van der Waals surface area contributed by atoms with Crippen molar-refractivity contribution in [2.45, 2.75) is 45.3 Å². The van der Waals surface area contributed by atoms with E-state index >= 15 is 0 Å². The molecule has 3 rings (SSSR count). The van der Waals surface area contributed by atoms with Crippen LogP contribution in [0.3, 0.4) is 0 Å². The lowest BCUT2D eigenvalue weighted by Crippen LogP contribution is -2.25. The Kier molecular flexibility index (Phi) is 22.2. The Bertz CT molecular complexity index is 1730. The number of carbonyl (C=O) groups is 4. The number of nitrogens with one attached hydrogen (secondary N) is 2. The molecule has 0 aliphatic carbocycles. The number of esters is 2. The second kappa shape index (κ2) is 25.6. The molecule has 2 amide bonds. The van der Waals surface area contributed by atoms with Gasteiger partial charge in [-0.15, -0.1) is 0 Å². The SMILES string of the molecule is CCC(O)COCCOCC(O)COC(=O)c1cc(Br)c(C(=O)OC)cc1Br.CCCOC(=O)Nc1ccc(Cc2ccc(NC(=O)OC)c(Cl)c2)cc1Cl. The van der Waals surface area contributed by atoms with Crippen LogP contribution in [-0.4, -0.2) is 100 Å². The molecule has 0 saturated carbocycles. The van der Waals surface area contributed by atoms with Gasteiger partial charge in [0.2, 0.25) is 0 Å². The van der Waals surface area contributed by atoms with Crippen molar-refractivity contribution in [1.82, 2.24) is 0 Å². The number of carbonyl (C=O) groups excluding carboxylic acids is 4. The summed E-state index contributed by atoms with van der Waals surface area (Å²) in [6.45, 7) is 4.61. The summed E-state index contributed by atoms with van der Waals surface area (Å²) >= 11 is 18.9. The van der Waals surface area contributed by atoms with E-state index < -0.39 is 36.3 Å². The van der Waals surface area contributed by atoms with Crippen molar-refractivity contribution in [3.63, 3.8) is 0 Å². The van der Waals surface area contributed by atoms with E-state index in [-0.39, 0.29) is 44.2 Å². The number of amides is 2. The first-order valence-corrected chi connectivity index (χ1v) is 19.2. The van der Waals surface area contributed by atoms with Crippen LogP contribution in [0.1, 0.15) is 58.5 Å². The van der Waals surface area contributed by atoms with Gasteiger partial charge in [-0.05, 0) is 98.6 Å². The number of aliphatic hydroxyl groups is 2. The van der Waals surface area contributed by atoms with Crippen molar-refractivity contribution in [2.75, 3.05) is 64.5 Å². The maximum atomic E-state index is 12.2. The fourth-order valence-electron chi connectivity index (χ4n) is 4.22. The molecule has 2 unspecified atom stereocenters. The van der Waals surface area contributed by atoms with Crippen LogP contribution in [0.15, 0.2) is 57.5 Å². The molecule has 0 aliphatic rings. The lowest BCUT2D eigenvalue weighted by atomic mass is 10.0. The number of anilines is 2. The number of hydrogen-bond donors (Lipinski definition) is 4. The first kappa shape index (κ1) is 47.7. The molecular formula is C37H44Br2Cl2N2O12. The quantitative estimate of drug-likeness (QED) is 0.0547. The smallest absolute Gasteiger partial charge is 0.411 e. The molecule has 18 heteroatoms. The Hall–Kier alpha value is -3.48. The van der Waals surface area contributed by atoms with Crippen LogP contribution in [0.5, 0.6) is 0 Å². The number of methoxy groups -OCH3 is 2. The number of rotatable bonds is 18. The third-order valence-corrected chi connectivity index (χ3v) is 9.06. The molecule has 3 aromatic carbocycles. The van der Waals surface area contributed by atoms with Gasteiger partial charge in [0.15, 0.2) is 0 Å². The van der Waals surface area contributed by atoms with Gasteiger partial charge in [0.25, 0.3) is 0 Å². The van der Waals surface area contributed by atoms with Crippen molar-refractivity contribution in [3.8, 4) is 0 Å². The number of benzene rings is 3. The standard InChI is InChI=1S/C19H20Cl2N2O4.C18H24Br2O8/c1-3-8-27-19(25)23-17-7-5-13(11-15(17)21)9-12-4-6-16(14(20)10-12)22-18(24)26-2;1-3-11(21)8-26-4-5-27-9-12(22)10-28-18(24)14-7-15(19)13(6-16(14)20)17(23)25-2/h4-7,10-11H,3,8-9H2,1-2H3,(H,22,24)(H,23,25);6-7,11-12,21-22H,3-5,8-10H2,1-2H3. The lowest BCUT2D eigenvalue weighted by molar-refractivity contribution is -0.0337. The zero-order valence-electron chi connectivity index (χ0n) is 30.6. The maximum Gasteiger partial charge on any atom is 0.411 e. The van der Waals surface area contributed by atoms with Crippen LogP contribution < -0.4 is 10.6 Å². The van der Waals surface area contributed by atoms with Gasteiger partial charge in [-0.1, -0.05) is 49.2 Å². The van der Waals surface area contributed by atoms with E-state index in [4.69, 9.17) is 42.1 Å². The van der Waals surface area contributed by atoms with Crippen LogP contribution in [-0.2, 0) is 34.8 Å². The molecule has 2 atom stereocenters. The molecule has 14 nitrogen and oxygen atoms in total. The molecule has 55 heavy (non-hydrogen) atoms. The predicted molar refractivity (Wildman–Crippen MR) is 214 cm³/mol. The monoisotopic (exact) mass is 936 g/mol. The van der Waals surface area contributed by atoms with Crippen LogP contribution in [0.4, 0.5) is 21.0 Å². The summed E-state index contributed by atoms with van der Waals surface area (Å²) in [5.74, 6) is -1.21. The molecule has 4 N–H and O–H groups in total. The van der Waals surface area contributed by atoms with E-state index in [0.29, 0.717) is 49.8 Å². The fourth-order valence-corrected chi connectivity index (χ4v) is 5.73. The molecule has 0 heterocycles. The lowest BCUT2D eigenvalue weighted by Gasteiger charge is -2.14. The van der Waals surface area contributed by atoms with Crippen LogP contribution in [0.2, 0.25) is 10.0 Å². The number of ether oxygens (including phenoxy) is 6. The Morgan fingerprint density at radius 2 is 1.18 bits per heavy atom. The largest absolute Gasteiger partial charge is 0.465 e. The molecule has 0 spiro atoms. The highest BCUT2D eigenvalue weighted by atomic mass is 79.9. The minimum Gasteiger partial charge on any atom is -0.465 e. The Balaban J connectivity index is 0.000000380. The van der Waals surface area contributed by atoms with Crippen molar-refractivity contribution < 1.29 is 57.8 Å². The second-order valence-electron chi connectivity index (χ2n) is 11.5. The van der Waals surface area contributed by atoms with Gasteiger partial charge in [0, 0.05) is 8.95 Å². The molecule has 0 saturated heterocycles. The third kappa shape index (κ3) is 17.5. The van der Waals surface area contributed by atoms with E-state index in [1.165, 1.54) is 26.4 Å². The Labute approximate surface area is 346 Å². The van der Waals surface area contributed by atoms with E-state index in [1.807, 2.05) is 26.0 Å². The van der Waals surface area contributed by atoms with Gasteiger partial charge in [-0.3, -0.25) is 10.6 Å². The number of hydrogen-bond acceptors (Lipinski definition) is 12. The Morgan fingerprint density at radius 3 is 1.65 bits per heavy atom. The summed E-state index contributed by atoms with van der Waals surface area (Å²) in [7, 11) is 2.54. The summed E-state index contributed by atoms with van der Waals surface area (Å²) in [6.07, 6.45) is -0.672. The normalized spacial score (nSPS) is 11.7. The fraction of sp³-hybridized carbons (Fsp3) is 0.405. The van der Waals surface area contributed by atoms with Crippen LogP contribution >= 0.6 is 55.1 Å². The van der Waals surface area contributed by atoms with Gasteiger partial charge in [-0.25, -0.2) is 19.2 Å². The van der Waals surface area contributed by atoms with Gasteiger partial charge in [0.1, 0.15) is 12.7 Å². The molecule has 0 aromatic heterocycles. The van der Waals surface area contributed by atoms with E-state index in [9.17, 15) is 29.4 Å². The number of aliphatic hydroxyl groups excluding tert-OH is 2. The van der Waals surface area contributed by atoms with Crippen molar-refractivity contribution in [1.29, 1.82) is 0 Å². The zero-order valence-corrected chi connectivity index (χ0v) is 35.3. The highest BCUT2D eigenvalue weighted by Gasteiger charge is 2.20. The topological polar surface area (TPSA) is 188 Å². The van der Waals surface area contributed by atoms with E-state index in [0.717, 1.165) is 17.5 Å². The zero-order chi connectivity index (χ0) is 40.9. The van der Waals surface area contributed by atoms with Crippen LogP contribution in [0, 0.1) is 0 Å². The minimum atomic E-state index is -0.998. The van der Waals surface area contributed by atoms with Crippen molar-refractivity contribution in [2.24, 2.45) is 0 Å². The molecule has 302 valence electrons. The highest BCUT2D eigenvalue weighted by Crippen LogP contribution is 2.29. The maximum absolute atomic E-state index is 12.2. The van der Waals surface area contributed by atoms with E-state index in [1.54, 1.807) is 24.3 Å². The first-order valence-electron chi connectivity index (χ1n) is 16.8. The average molecular weight is 939 g/mol. The predicted octanol–water partition coefficient (Wildman–Crippen LogP) is 8.04. The van der Waals surface area contributed by atoms with Crippen molar-refractivity contribution >= 4 is 90.6 Å². The van der Waals surface area contributed by atoms with Gasteiger partial charge < -0.3 is 38.6 Å². The molecule has 0 radical (unpaired) electrons. The van der Waals surface area contributed by atoms with Gasteiger partial charge in [-0.2, -0.15) is 0 Å². The summed E-state index contributed by atoms with van der Waals surface area (Å²) in [5, 5.41) is 25.1. The summed E-state index contributed by atoms with van der Waals surface area (Å²) in [6, 6.07) is 13.5. The van der Waals surface area contributed by atoms with Gasteiger partial charge in [0.05, 0.1) is 85.9 Å². The first-order chi connectivity index (χ1) is 26.2. The molecule has 0 aliphatic heterocycles. The second-order valence-corrected chi connectivity index (χ2v) is 14.0. The van der Waals surface area contributed by atoms with Crippen LogP contribution in [0.25, 0.3) is 0 Å². The summed E-state index contributed by atoms with van der Waals surface area (Å²) < 4.78 is 30.4. The van der Waals surface area contributed by atoms with Crippen molar-refractivity contribution in [3.05, 3.63) is 89.8 Å². The molecule has 0 bridgehead atoms. The molecular weight excluding hydrogens is 895 g/mol. The average Bonchev–Trinajstić information content (AvgIpc) is 3.16. The highest BCUT2D eigenvalue weighted by molar-refractivity contribution is 9.11. The summed E-state index contributed by atoms with van der Waals surface area (Å²) in [4.78, 5) is 46.7. The molecule has 3 aromatic rings. The summed E-state index contributed by atoms with van der Waals surface area (Å²) in [5.41, 5.74) is 3.28. The van der Waals surface area contributed by atoms with Gasteiger partial charge >= 0.3 is 24.1 Å². The van der Waals surface area contributed by atoms with E-state index in [2.05, 4.69) is 52.0 Å². The third-order valence-electron chi connectivity index (χ3n) is 7.12. The number of halogens is 4. The molecule has 0 fully saturated rings.